The molecule has 11 heavy (non-hydrogen) atoms. The van der Waals surface area contributed by atoms with E-state index in [-0.39, 0.29) is 0 Å². The zero-order chi connectivity index (χ0) is 8.10. The predicted molar refractivity (Wildman–Crippen MR) is 46.5 cm³/mol. The van der Waals surface area contributed by atoms with Gasteiger partial charge in [-0.05, 0) is 24.0 Å². The summed E-state index contributed by atoms with van der Waals surface area (Å²) in [6, 6.07) is 0. The molecule has 0 aliphatic carbocycles. The zero-order valence-electron chi connectivity index (χ0n) is 6.87. The van der Waals surface area contributed by atoms with Crippen LogP contribution in [0.5, 0.6) is 0 Å². The third-order valence-corrected chi connectivity index (χ3v) is 1.92. The Bertz CT molecular complexity index is 184. The number of aromatic nitrogens is 2. The van der Waals surface area contributed by atoms with Crippen molar-refractivity contribution in [1.29, 1.82) is 0 Å². The fourth-order valence-corrected chi connectivity index (χ4v) is 1.21. The molecule has 0 fully saturated rings. The molecule has 0 amide bonds. The average Bonchev–Trinajstić information content (AvgIpc) is 2.39. The lowest BCUT2D eigenvalue weighted by Gasteiger charge is -2.04. The highest BCUT2D eigenvalue weighted by molar-refractivity contribution is 7.05. The van der Waals surface area contributed by atoms with Crippen molar-refractivity contribution >= 4 is 11.5 Å². The van der Waals surface area contributed by atoms with Crippen molar-refractivity contribution in [3.05, 3.63) is 11.1 Å². The summed E-state index contributed by atoms with van der Waals surface area (Å²) >= 11 is 1.45. The Kier molecular flexibility index (Phi) is 3.45. The maximum atomic E-state index is 3.77. The van der Waals surface area contributed by atoms with Crippen LogP contribution in [0.25, 0.3) is 0 Å². The monoisotopic (exact) mass is 171 g/mol. The Morgan fingerprint density at radius 2 is 2.45 bits per heavy atom. The summed E-state index contributed by atoms with van der Waals surface area (Å²) in [7, 11) is 0. The van der Waals surface area contributed by atoms with Crippen molar-refractivity contribution in [3.63, 3.8) is 0 Å². The molecule has 1 aromatic heterocycles. The van der Waals surface area contributed by atoms with Crippen LogP contribution in [-0.4, -0.2) is 16.1 Å². The number of nitrogens with one attached hydrogen (secondary N) is 1. The molecule has 0 unspecified atom stereocenters. The second-order valence-electron chi connectivity index (χ2n) is 2.91. The van der Waals surface area contributed by atoms with Crippen molar-refractivity contribution in [3.8, 4) is 0 Å². The molecule has 0 spiro atoms. The molecule has 1 rings (SSSR count). The number of rotatable bonds is 4. The minimum atomic E-state index is 0.705. The Morgan fingerprint density at radius 1 is 1.64 bits per heavy atom. The average molecular weight is 171 g/mol. The standard InChI is InChI=1S/C7H13N3S/c1-6(2)3-8-4-7-5-9-10-11-7/h5-6,8H,3-4H2,1-2H3. The zero-order valence-corrected chi connectivity index (χ0v) is 7.69. The van der Waals surface area contributed by atoms with Crippen LogP contribution in [0, 0.1) is 5.92 Å². The molecule has 3 nitrogen and oxygen atoms in total. The van der Waals surface area contributed by atoms with Crippen molar-refractivity contribution in [2.24, 2.45) is 5.92 Å². The van der Waals surface area contributed by atoms with Gasteiger partial charge in [0.2, 0.25) is 0 Å². The maximum absolute atomic E-state index is 3.77. The SMILES string of the molecule is CC(C)CNCc1cnns1. The van der Waals surface area contributed by atoms with Gasteiger partial charge >= 0.3 is 0 Å². The fraction of sp³-hybridized carbons (Fsp3) is 0.714. The van der Waals surface area contributed by atoms with Crippen LogP contribution in [-0.2, 0) is 6.54 Å². The summed E-state index contributed by atoms with van der Waals surface area (Å²) in [5, 5.41) is 7.07. The van der Waals surface area contributed by atoms with Crippen LogP contribution in [0.1, 0.15) is 18.7 Å². The lowest BCUT2D eigenvalue weighted by molar-refractivity contribution is 0.554. The molecular formula is C7H13N3S. The minimum Gasteiger partial charge on any atom is -0.311 e. The molecule has 0 radical (unpaired) electrons. The normalized spacial score (nSPS) is 10.8. The van der Waals surface area contributed by atoms with Crippen molar-refractivity contribution in [2.45, 2.75) is 20.4 Å². The first-order valence-corrected chi connectivity index (χ1v) is 4.53. The lowest BCUT2D eigenvalue weighted by atomic mass is 10.2. The molecule has 0 aromatic carbocycles. The van der Waals surface area contributed by atoms with Gasteiger partial charge in [-0.25, -0.2) is 0 Å². The molecule has 0 atom stereocenters. The summed E-state index contributed by atoms with van der Waals surface area (Å²) in [4.78, 5) is 1.20. The molecule has 62 valence electrons. The molecule has 0 bridgehead atoms. The van der Waals surface area contributed by atoms with E-state index in [2.05, 4.69) is 28.8 Å². The van der Waals surface area contributed by atoms with Crippen LogP contribution in [0.4, 0.5) is 0 Å². The Morgan fingerprint density at radius 3 is 3.00 bits per heavy atom. The quantitative estimate of drug-likeness (QED) is 0.741. The van der Waals surface area contributed by atoms with Crippen molar-refractivity contribution < 1.29 is 0 Å². The van der Waals surface area contributed by atoms with Gasteiger partial charge in [0.15, 0.2) is 0 Å². The second-order valence-corrected chi connectivity index (χ2v) is 3.78. The topological polar surface area (TPSA) is 37.8 Å². The molecular weight excluding hydrogens is 158 g/mol. The van der Waals surface area contributed by atoms with Gasteiger partial charge < -0.3 is 5.32 Å². The number of hydrogen-bond acceptors (Lipinski definition) is 4. The summed E-state index contributed by atoms with van der Waals surface area (Å²) in [6.07, 6.45) is 1.80. The fourth-order valence-electron chi connectivity index (χ4n) is 0.750. The van der Waals surface area contributed by atoms with E-state index in [9.17, 15) is 0 Å². The van der Waals surface area contributed by atoms with Gasteiger partial charge in [0, 0.05) is 6.54 Å². The smallest absolute Gasteiger partial charge is 0.0666 e. The molecule has 0 aliphatic rings. The summed E-state index contributed by atoms with van der Waals surface area (Å²) in [5.74, 6) is 0.705. The van der Waals surface area contributed by atoms with Gasteiger partial charge in [-0.2, -0.15) is 0 Å². The molecule has 0 aliphatic heterocycles. The number of nitrogens with zero attached hydrogens (tertiary/aromatic N) is 2. The highest BCUT2D eigenvalue weighted by Crippen LogP contribution is 2.00. The second kappa shape index (κ2) is 4.41. The number of hydrogen-bond donors (Lipinski definition) is 1. The van der Waals surface area contributed by atoms with E-state index in [4.69, 9.17) is 0 Å². The summed E-state index contributed by atoms with van der Waals surface area (Å²) in [5.41, 5.74) is 0. The Balaban J connectivity index is 2.14. The largest absolute Gasteiger partial charge is 0.311 e. The van der Waals surface area contributed by atoms with E-state index in [0.29, 0.717) is 5.92 Å². The Hall–Kier alpha value is -0.480. The van der Waals surface area contributed by atoms with E-state index in [1.165, 1.54) is 16.4 Å². The lowest BCUT2D eigenvalue weighted by Crippen LogP contribution is -2.18. The highest BCUT2D eigenvalue weighted by Gasteiger charge is 1.95. The van der Waals surface area contributed by atoms with Crippen LogP contribution < -0.4 is 5.32 Å². The van der Waals surface area contributed by atoms with Crippen LogP contribution in [0.2, 0.25) is 0 Å². The minimum absolute atomic E-state index is 0.705. The molecule has 4 heteroatoms. The first kappa shape index (κ1) is 8.62. The van der Waals surface area contributed by atoms with Crippen molar-refractivity contribution in [2.75, 3.05) is 6.54 Å². The van der Waals surface area contributed by atoms with Crippen molar-refractivity contribution in [1.82, 2.24) is 14.9 Å². The predicted octanol–water partition coefficient (Wildman–Crippen LogP) is 1.28. The van der Waals surface area contributed by atoms with Gasteiger partial charge in [-0.15, -0.1) is 5.10 Å². The Labute approximate surface area is 71.0 Å². The summed E-state index contributed by atoms with van der Waals surface area (Å²) < 4.78 is 3.77. The molecule has 0 saturated heterocycles. The summed E-state index contributed by atoms with van der Waals surface area (Å²) in [6.45, 7) is 6.34. The van der Waals surface area contributed by atoms with Gasteiger partial charge in [-0.1, -0.05) is 18.3 Å². The maximum Gasteiger partial charge on any atom is 0.0666 e. The van der Waals surface area contributed by atoms with E-state index in [0.717, 1.165) is 13.1 Å². The first-order valence-electron chi connectivity index (χ1n) is 3.76. The van der Waals surface area contributed by atoms with Gasteiger partial charge in [0.05, 0.1) is 11.1 Å². The van der Waals surface area contributed by atoms with Crippen LogP contribution in [0.3, 0.4) is 0 Å². The highest BCUT2D eigenvalue weighted by atomic mass is 32.1. The van der Waals surface area contributed by atoms with E-state index >= 15 is 0 Å². The molecule has 1 heterocycles. The van der Waals surface area contributed by atoms with E-state index in [1.54, 1.807) is 6.20 Å². The van der Waals surface area contributed by atoms with Gasteiger partial charge in [0.25, 0.3) is 0 Å². The van der Waals surface area contributed by atoms with Crippen LogP contribution in [0.15, 0.2) is 6.20 Å². The van der Waals surface area contributed by atoms with Crippen LogP contribution >= 0.6 is 11.5 Å². The third kappa shape index (κ3) is 3.43. The van der Waals surface area contributed by atoms with E-state index in [1.807, 2.05) is 0 Å². The molecule has 0 saturated carbocycles. The molecule has 1 N–H and O–H groups in total. The first-order chi connectivity index (χ1) is 5.29. The third-order valence-electron chi connectivity index (χ3n) is 1.26. The van der Waals surface area contributed by atoms with Gasteiger partial charge in [0.1, 0.15) is 0 Å². The van der Waals surface area contributed by atoms with E-state index < -0.39 is 0 Å². The van der Waals surface area contributed by atoms with Gasteiger partial charge in [-0.3, -0.25) is 0 Å². The molecule has 1 aromatic rings.